The number of hydrogen-bond donors (Lipinski definition) is 3. The van der Waals surface area contributed by atoms with Gasteiger partial charge in [-0.15, -0.1) is 11.3 Å². The summed E-state index contributed by atoms with van der Waals surface area (Å²) in [4.78, 5) is 11.5. The van der Waals surface area contributed by atoms with Crippen molar-refractivity contribution in [3.8, 4) is 0 Å². The van der Waals surface area contributed by atoms with Crippen LogP contribution in [0.25, 0.3) is 0 Å². The lowest BCUT2D eigenvalue weighted by Crippen LogP contribution is -2.43. The number of thiophene rings is 1. The maximum atomic E-state index is 11.5. The van der Waals surface area contributed by atoms with Gasteiger partial charge in [-0.2, -0.15) is 0 Å². The monoisotopic (exact) mass is 292 g/mol. The van der Waals surface area contributed by atoms with Crippen LogP contribution < -0.4 is 11.1 Å². The Morgan fingerprint density at radius 1 is 1.80 bits per heavy atom. The molecule has 0 aromatic carbocycles. The molecular weight excluding hydrogens is 280 g/mol. The molecule has 0 fully saturated rings. The van der Waals surface area contributed by atoms with Crippen LogP contribution in [-0.2, 0) is 0 Å². The Kier molecular flexibility index (Phi) is 4.72. The summed E-state index contributed by atoms with van der Waals surface area (Å²) in [5.74, 6) is -0.173. The zero-order valence-corrected chi connectivity index (χ0v) is 10.6. The van der Waals surface area contributed by atoms with Gasteiger partial charge in [-0.25, -0.2) is 0 Å². The molecule has 4 N–H and O–H groups in total. The van der Waals surface area contributed by atoms with Gasteiger partial charge in [0.15, 0.2) is 0 Å². The second-order valence-electron chi connectivity index (χ2n) is 3.25. The molecule has 1 amide bonds. The van der Waals surface area contributed by atoms with E-state index in [0.717, 1.165) is 3.79 Å². The predicted octanol–water partition coefficient (Wildman–Crippen LogP) is 0.949. The summed E-state index contributed by atoms with van der Waals surface area (Å²) in [7, 11) is 0. The Labute approximate surface area is 101 Å². The van der Waals surface area contributed by atoms with Crippen molar-refractivity contribution >= 4 is 33.2 Å². The van der Waals surface area contributed by atoms with Crippen molar-refractivity contribution in [2.45, 2.75) is 19.1 Å². The Bertz CT molecular complexity index is 341. The number of carbonyl (C=O) groups excluding carboxylic acids is 1. The van der Waals surface area contributed by atoms with Gasteiger partial charge in [-0.3, -0.25) is 4.79 Å². The first-order chi connectivity index (χ1) is 7.00. The summed E-state index contributed by atoms with van der Waals surface area (Å²) in [5.41, 5.74) is 6.18. The quantitative estimate of drug-likeness (QED) is 0.773. The summed E-state index contributed by atoms with van der Waals surface area (Å²) in [6, 6.07) is 1.31. The number of nitrogens with two attached hydrogens (primary N) is 1. The fraction of sp³-hybridized carbons (Fsp3) is 0.444. The molecule has 0 spiro atoms. The largest absolute Gasteiger partial charge is 0.392 e. The molecule has 0 radical (unpaired) electrons. The van der Waals surface area contributed by atoms with Crippen LogP contribution in [0.3, 0.4) is 0 Å². The minimum absolute atomic E-state index is 0.173. The van der Waals surface area contributed by atoms with E-state index in [-0.39, 0.29) is 12.5 Å². The molecule has 1 aromatic heterocycles. The Balaban J connectivity index is 2.43. The smallest absolute Gasteiger partial charge is 0.252 e. The highest BCUT2D eigenvalue weighted by Gasteiger charge is 2.12. The molecular formula is C9H13BrN2O2S. The third kappa shape index (κ3) is 3.90. The summed E-state index contributed by atoms with van der Waals surface area (Å²) >= 11 is 4.73. The molecule has 1 heterocycles. The van der Waals surface area contributed by atoms with Gasteiger partial charge in [-0.05, 0) is 28.9 Å². The van der Waals surface area contributed by atoms with Crippen LogP contribution in [0.1, 0.15) is 17.3 Å². The van der Waals surface area contributed by atoms with Gasteiger partial charge >= 0.3 is 0 Å². The van der Waals surface area contributed by atoms with Crippen molar-refractivity contribution in [2.75, 3.05) is 6.54 Å². The Hall–Kier alpha value is -0.430. The standard InChI is InChI=1S/C9H13BrN2O2S/c1-5(13)7(11)3-12-9(14)6-2-8(10)15-4-6/h2,4-5,7,13H,3,11H2,1H3,(H,12,14). The van der Waals surface area contributed by atoms with E-state index in [1.54, 1.807) is 18.4 Å². The number of hydrogen-bond acceptors (Lipinski definition) is 4. The number of rotatable bonds is 4. The summed E-state index contributed by atoms with van der Waals surface area (Å²) in [6.07, 6.45) is -0.625. The lowest BCUT2D eigenvalue weighted by atomic mass is 10.2. The summed E-state index contributed by atoms with van der Waals surface area (Å²) in [5, 5.41) is 13.5. The van der Waals surface area contributed by atoms with Crippen LogP contribution in [0.4, 0.5) is 0 Å². The molecule has 15 heavy (non-hydrogen) atoms. The van der Waals surface area contributed by atoms with Crippen molar-refractivity contribution in [1.29, 1.82) is 0 Å². The average molecular weight is 293 g/mol. The molecule has 1 rings (SSSR count). The molecule has 0 aliphatic carbocycles. The van der Waals surface area contributed by atoms with Gasteiger partial charge in [0.1, 0.15) is 0 Å². The average Bonchev–Trinajstić information content (AvgIpc) is 2.60. The zero-order chi connectivity index (χ0) is 11.4. The number of amides is 1. The molecule has 2 atom stereocenters. The molecule has 84 valence electrons. The van der Waals surface area contributed by atoms with Gasteiger partial charge in [0, 0.05) is 18.0 Å². The maximum absolute atomic E-state index is 11.5. The topological polar surface area (TPSA) is 75.3 Å². The van der Waals surface area contributed by atoms with E-state index >= 15 is 0 Å². The predicted molar refractivity (Wildman–Crippen MR) is 64.0 cm³/mol. The minimum Gasteiger partial charge on any atom is -0.392 e. The molecule has 0 aliphatic rings. The van der Waals surface area contributed by atoms with Crippen molar-refractivity contribution < 1.29 is 9.90 Å². The van der Waals surface area contributed by atoms with Gasteiger partial charge in [0.25, 0.3) is 5.91 Å². The highest BCUT2D eigenvalue weighted by atomic mass is 79.9. The molecule has 1 aromatic rings. The van der Waals surface area contributed by atoms with E-state index in [2.05, 4.69) is 21.2 Å². The van der Waals surface area contributed by atoms with Gasteiger partial charge in [-0.1, -0.05) is 0 Å². The second kappa shape index (κ2) is 5.60. The van der Waals surface area contributed by atoms with E-state index in [4.69, 9.17) is 10.8 Å². The first kappa shape index (κ1) is 12.6. The van der Waals surface area contributed by atoms with Crippen LogP contribution in [0, 0.1) is 0 Å². The second-order valence-corrected chi connectivity index (χ2v) is 5.54. The highest BCUT2D eigenvalue weighted by molar-refractivity contribution is 9.11. The van der Waals surface area contributed by atoms with Crippen LogP contribution in [0.15, 0.2) is 15.2 Å². The Morgan fingerprint density at radius 3 is 2.93 bits per heavy atom. The third-order valence-electron chi connectivity index (χ3n) is 1.95. The number of carbonyl (C=O) groups is 1. The number of aliphatic hydroxyl groups is 1. The van der Waals surface area contributed by atoms with Crippen molar-refractivity contribution in [2.24, 2.45) is 5.73 Å². The molecule has 0 bridgehead atoms. The van der Waals surface area contributed by atoms with Crippen molar-refractivity contribution in [3.63, 3.8) is 0 Å². The molecule has 4 nitrogen and oxygen atoms in total. The normalized spacial score (nSPS) is 14.7. The van der Waals surface area contributed by atoms with Crippen LogP contribution in [-0.4, -0.2) is 29.7 Å². The number of aliphatic hydroxyl groups excluding tert-OH is 1. The van der Waals surface area contributed by atoms with E-state index in [0.29, 0.717) is 5.56 Å². The Morgan fingerprint density at radius 2 is 2.47 bits per heavy atom. The lowest BCUT2D eigenvalue weighted by molar-refractivity contribution is 0.0938. The van der Waals surface area contributed by atoms with Crippen LogP contribution >= 0.6 is 27.3 Å². The van der Waals surface area contributed by atoms with Crippen molar-refractivity contribution in [1.82, 2.24) is 5.32 Å². The van der Waals surface area contributed by atoms with Crippen LogP contribution in [0.5, 0.6) is 0 Å². The third-order valence-corrected chi connectivity index (χ3v) is 3.45. The van der Waals surface area contributed by atoms with E-state index < -0.39 is 12.1 Å². The zero-order valence-electron chi connectivity index (χ0n) is 8.24. The first-order valence-electron chi connectivity index (χ1n) is 4.46. The van der Waals surface area contributed by atoms with Crippen LogP contribution in [0.2, 0.25) is 0 Å². The molecule has 0 aliphatic heterocycles. The molecule has 0 saturated carbocycles. The number of halogens is 1. The molecule has 0 saturated heterocycles. The van der Waals surface area contributed by atoms with E-state index in [9.17, 15) is 4.79 Å². The van der Waals surface area contributed by atoms with Gasteiger partial charge in [0.2, 0.25) is 0 Å². The van der Waals surface area contributed by atoms with Gasteiger partial charge in [0.05, 0.1) is 15.5 Å². The fourth-order valence-electron chi connectivity index (χ4n) is 0.912. The van der Waals surface area contributed by atoms with E-state index in [1.807, 2.05) is 0 Å². The highest BCUT2D eigenvalue weighted by Crippen LogP contribution is 2.20. The van der Waals surface area contributed by atoms with Gasteiger partial charge < -0.3 is 16.2 Å². The van der Waals surface area contributed by atoms with Crippen molar-refractivity contribution in [3.05, 3.63) is 20.8 Å². The lowest BCUT2D eigenvalue weighted by Gasteiger charge is -2.14. The molecule has 6 heteroatoms. The van der Waals surface area contributed by atoms with E-state index in [1.165, 1.54) is 11.3 Å². The first-order valence-corrected chi connectivity index (χ1v) is 6.14. The number of nitrogens with one attached hydrogen (secondary N) is 1. The maximum Gasteiger partial charge on any atom is 0.252 e. The minimum atomic E-state index is -0.625. The summed E-state index contributed by atoms with van der Waals surface area (Å²) in [6.45, 7) is 1.86. The summed E-state index contributed by atoms with van der Waals surface area (Å²) < 4.78 is 0.910. The molecule has 2 unspecified atom stereocenters. The SMILES string of the molecule is CC(O)C(N)CNC(=O)c1csc(Br)c1. The fourth-order valence-corrected chi connectivity index (χ4v) is 2.05.